The summed E-state index contributed by atoms with van der Waals surface area (Å²) in [4.78, 5) is 13.0. The Kier molecular flexibility index (Phi) is 5.51. The number of rotatable bonds is 5. The van der Waals surface area contributed by atoms with Crippen molar-refractivity contribution in [3.63, 3.8) is 0 Å². The Balaban J connectivity index is 1.88. The third-order valence-corrected chi connectivity index (χ3v) is 5.02. The van der Waals surface area contributed by atoms with Gasteiger partial charge in [0.25, 0.3) is 0 Å². The zero-order valence-electron chi connectivity index (χ0n) is 14.5. The number of esters is 1. The van der Waals surface area contributed by atoms with Crippen LogP contribution in [-0.4, -0.2) is 30.3 Å². The van der Waals surface area contributed by atoms with E-state index in [0.29, 0.717) is 17.0 Å². The van der Waals surface area contributed by atoms with E-state index in [4.69, 9.17) is 4.74 Å². The summed E-state index contributed by atoms with van der Waals surface area (Å²) in [5.41, 5.74) is -0.767. The zero-order chi connectivity index (χ0) is 17.7. The van der Waals surface area contributed by atoms with Crippen molar-refractivity contribution in [1.82, 2.24) is 5.32 Å². The molecule has 4 nitrogen and oxygen atoms in total. The van der Waals surface area contributed by atoms with Crippen molar-refractivity contribution in [3.05, 3.63) is 71.8 Å². The average molecular weight is 339 g/mol. The molecule has 0 spiro atoms. The molecule has 2 aromatic rings. The molecule has 1 aliphatic heterocycles. The largest absolute Gasteiger partial charge is 0.460 e. The van der Waals surface area contributed by atoms with Crippen molar-refractivity contribution in [2.45, 2.75) is 31.5 Å². The predicted molar refractivity (Wildman–Crippen MR) is 97.0 cm³/mol. The van der Waals surface area contributed by atoms with Gasteiger partial charge in [0.15, 0.2) is 0 Å². The van der Waals surface area contributed by atoms with Crippen LogP contribution >= 0.6 is 0 Å². The van der Waals surface area contributed by atoms with Crippen molar-refractivity contribution < 1.29 is 14.6 Å². The van der Waals surface area contributed by atoms with E-state index in [1.807, 2.05) is 43.3 Å². The first kappa shape index (κ1) is 17.6. The Morgan fingerprint density at radius 1 is 1.04 bits per heavy atom. The lowest BCUT2D eigenvalue weighted by Crippen LogP contribution is -2.42. The van der Waals surface area contributed by atoms with E-state index in [2.05, 4.69) is 5.32 Å². The molecule has 4 heteroatoms. The van der Waals surface area contributed by atoms with Crippen LogP contribution < -0.4 is 5.32 Å². The van der Waals surface area contributed by atoms with Crippen LogP contribution in [0.2, 0.25) is 0 Å². The minimum absolute atomic E-state index is 0.228. The van der Waals surface area contributed by atoms with E-state index in [1.165, 1.54) is 0 Å². The number of carbonyl (C=O) groups excluding carboxylic acids is 1. The normalized spacial score (nSPS) is 17.0. The lowest BCUT2D eigenvalue weighted by molar-refractivity contribution is -0.170. The van der Waals surface area contributed by atoms with Crippen LogP contribution in [0.3, 0.4) is 0 Å². The molecule has 3 rings (SSSR count). The summed E-state index contributed by atoms with van der Waals surface area (Å²) in [5, 5.41) is 14.7. The van der Waals surface area contributed by atoms with Crippen LogP contribution in [0.25, 0.3) is 0 Å². The fourth-order valence-electron chi connectivity index (χ4n) is 3.43. The topological polar surface area (TPSA) is 58.6 Å². The van der Waals surface area contributed by atoms with Gasteiger partial charge < -0.3 is 15.2 Å². The molecule has 1 unspecified atom stereocenters. The van der Waals surface area contributed by atoms with Crippen molar-refractivity contribution in [3.8, 4) is 0 Å². The van der Waals surface area contributed by atoms with Crippen LogP contribution in [0.15, 0.2) is 60.7 Å². The van der Waals surface area contributed by atoms with Gasteiger partial charge in [-0.3, -0.25) is 0 Å². The minimum atomic E-state index is -1.80. The highest BCUT2D eigenvalue weighted by Gasteiger charge is 2.42. The highest BCUT2D eigenvalue weighted by atomic mass is 16.6. The van der Waals surface area contributed by atoms with E-state index in [-0.39, 0.29) is 6.10 Å². The molecule has 0 aromatic heterocycles. The number of carbonyl (C=O) groups is 1. The molecule has 25 heavy (non-hydrogen) atoms. The molecule has 0 bridgehead atoms. The van der Waals surface area contributed by atoms with Crippen LogP contribution in [0.5, 0.6) is 0 Å². The van der Waals surface area contributed by atoms with E-state index >= 15 is 0 Å². The van der Waals surface area contributed by atoms with E-state index in [1.54, 1.807) is 24.3 Å². The van der Waals surface area contributed by atoms with Gasteiger partial charge in [0, 0.05) is 0 Å². The van der Waals surface area contributed by atoms with E-state index in [0.717, 1.165) is 25.9 Å². The molecule has 0 amide bonds. The Bertz CT molecular complexity index is 641. The number of piperidine rings is 1. The van der Waals surface area contributed by atoms with Gasteiger partial charge in [-0.25, -0.2) is 4.79 Å². The fourth-order valence-corrected chi connectivity index (χ4v) is 3.43. The maximum atomic E-state index is 13.0. The second-order valence-electron chi connectivity index (χ2n) is 6.64. The second kappa shape index (κ2) is 7.81. The summed E-state index contributed by atoms with van der Waals surface area (Å²) in [6.45, 7) is 3.80. The Morgan fingerprint density at radius 3 is 2.00 bits per heavy atom. The van der Waals surface area contributed by atoms with Gasteiger partial charge in [0.05, 0.1) is 0 Å². The van der Waals surface area contributed by atoms with Gasteiger partial charge in [-0.15, -0.1) is 0 Å². The molecule has 0 radical (unpaired) electrons. The summed E-state index contributed by atoms with van der Waals surface area (Å²) in [7, 11) is 0. The predicted octanol–water partition coefficient (Wildman–Crippen LogP) is 2.85. The molecule has 1 heterocycles. The molecule has 132 valence electrons. The lowest BCUT2D eigenvalue weighted by atomic mass is 9.86. The summed E-state index contributed by atoms with van der Waals surface area (Å²) in [6, 6.07) is 18.0. The van der Waals surface area contributed by atoms with Crippen LogP contribution in [0.1, 0.15) is 30.9 Å². The van der Waals surface area contributed by atoms with Crippen LogP contribution in [-0.2, 0) is 15.1 Å². The maximum absolute atomic E-state index is 13.0. The quantitative estimate of drug-likeness (QED) is 0.823. The van der Waals surface area contributed by atoms with Crippen molar-refractivity contribution >= 4 is 5.97 Å². The monoisotopic (exact) mass is 339 g/mol. The van der Waals surface area contributed by atoms with E-state index < -0.39 is 11.6 Å². The summed E-state index contributed by atoms with van der Waals surface area (Å²) < 4.78 is 5.75. The van der Waals surface area contributed by atoms with Crippen LogP contribution in [0.4, 0.5) is 0 Å². The number of benzene rings is 2. The lowest BCUT2D eigenvalue weighted by Gasteiger charge is -2.32. The molecule has 2 aromatic carbocycles. The Labute approximate surface area is 148 Å². The highest BCUT2D eigenvalue weighted by Crippen LogP contribution is 2.32. The number of hydrogen-bond acceptors (Lipinski definition) is 4. The van der Waals surface area contributed by atoms with Crippen LogP contribution in [0, 0.1) is 5.92 Å². The smallest absolute Gasteiger partial charge is 0.347 e. The summed E-state index contributed by atoms with van der Waals surface area (Å²) in [6.07, 6.45) is 1.72. The molecule has 0 saturated carbocycles. The minimum Gasteiger partial charge on any atom is -0.460 e. The number of nitrogens with one attached hydrogen (secondary N) is 1. The van der Waals surface area contributed by atoms with Gasteiger partial charge in [0.2, 0.25) is 5.60 Å². The molecular formula is C21H25NO3. The Morgan fingerprint density at radius 2 is 1.52 bits per heavy atom. The zero-order valence-corrected chi connectivity index (χ0v) is 14.5. The summed E-state index contributed by atoms with van der Waals surface area (Å²) >= 11 is 0. The molecule has 1 fully saturated rings. The first-order valence-electron chi connectivity index (χ1n) is 8.87. The number of ether oxygens (including phenoxy) is 1. The molecule has 1 saturated heterocycles. The maximum Gasteiger partial charge on any atom is 0.347 e. The molecule has 1 atom stereocenters. The fraction of sp³-hybridized carbons (Fsp3) is 0.381. The molecule has 1 aliphatic rings. The SMILES string of the molecule is CC(OC(=O)C(O)(c1ccccc1)c1ccccc1)C1CCNCC1. The standard InChI is InChI=1S/C21H25NO3/c1-16(17-12-14-22-15-13-17)25-20(23)21(24,18-8-4-2-5-9-18)19-10-6-3-7-11-19/h2-11,16-17,22,24H,12-15H2,1H3. The second-order valence-corrected chi connectivity index (χ2v) is 6.64. The highest BCUT2D eigenvalue weighted by molar-refractivity contribution is 5.85. The third kappa shape index (κ3) is 3.75. The number of hydrogen-bond donors (Lipinski definition) is 2. The average Bonchev–Trinajstić information content (AvgIpc) is 2.69. The number of aliphatic hydroxyl groups is 1. The molecular weight excluding hydrogens is 314 g/mol. The first-order valence-corrected chi connectivity index (χ1v) is 8.87. The van der Waals surface area contributed by atoms with Crippen molar-refractivity contribution in [1.29, 1.82) is 0 Å². The summed E-state index contributed by atoms with van der Waals surface area (Å²) in [5.74, 6) is -0.295. The molecule has 0 aliphatic carbocycles. The Hall–Kier alpha value is -2.17. The van der Waals surface area contributed by atoms with Gasteiger partial charge in [-0.2, -0.15) is 0 Å². The van der Waals surface area contributed by atoms with Gasteiger partial charge in [-0.05, 0) is 49.9 Å². The van der Waals surface area contributed by atoms with Gasteiger partial charge >= 0.3 is 5.97 Å². The van der Waals surface area contributed by atoms with E-state index in [9.17, 15) is 9.90 Å². The first-order chi connectivity index (χ1) is 12.1. The third-order valence-electron chi connectivity index (χ3n) is 5.02. The molecule has 2 N–H and O–H groups in total. The van der Waals surface area contributed by atoms with Gasteiger partial charge in [-0.1, -0.05) is 60.7 Å². The van der Waals surface area contributed by atoms with Crippen molar-refractivity contribution in [2.75, 3.05) is 13.1 Å². The van der Waals surface area contributed by atoms with Gasteiger partial charge in [0.1, 0.15) is 6.10 Å². The van der Waals surface area contributed by atoms with Crippen molar-refractivity contribution in [2.24, 2.45) is 5.92 Å².